The van der Waals surface area contributed by atoms with E-state index < -0.39 is 0 Å². The molecule has 0 aliphatic carbocycles. The number of benzene rings is 3. The van der Waals surface area contributed by atoms with Crippen molar-refractivity contribution in [1.82, 2.24) is 25.2 Å². The third-order valence-electron chi connectivity index (χ3n) is 10.7. The predicted octanol–water partition coefficient (Wildman–Crippen LogP) is 9.04. The summed E-state index contributed by atoms with van der Waals surface area (Å²) in [5.41, 5.74) is 11.1. The number of aromatic nitrogens is 3. The van der Waals surface area contributed by atoms with Crippen molar-refractivity contribution in [2.75, 3.05) is 18.4 Å². The number of allylic oxidation sites excluding steroid dienone is 1. The van der Waals surface area contributed by atoms with Gasteiger partial charge in [0, 0.05) is 67.2 Å². The van der Waals surface area contributed by atoms with Crippen LogP contribution in [0.1, 0.15) is 54.5 Å². The second kappa shape index (κ2) is 15.9. The Bertz CT molecular complexity index is 2460. The van der Waals surface area contributed by atoms with Gasteiger partial charge in [0.2, 0.25) is 5.89 Å². The van der Waals surface area contributed by atoms with Crippen LogP contribution in [0, 0.1) is 31.1 Å². The maximum Gasteiger partial charge on any atom is 0.227 e. The lowest BCUT2D eigenvalue weighted by molar-refractivity contribution is 0.175. The summed E-state index contributed by atoms with van der Waals surface area (Å²) in [5.74, 6) is 1.20. The molecule has 0 amide bonds. The number of hydrogen-bond acceptors (Lipinski definition) is 10. The molecular formula is C45H47N7O3. The number of rotatable bonds is 13. The van der Waals surface area contributed by atoms with Gasteiger partial charge in [-0.25, -0.2) is 9.97 Å². The predicted molar refractivity (Wildman–Crippen MR) is 219 cm³/mol. The number of β-amino-alcohol motifs (C(OH)–C–C–N with tert-alkyl or cyclic N) is 1. The van der Waals surface area contributed by atoms with E-state index in [2.05, 4.69) is 71.8 Å². The smallest absolute Gasteiger partial charge is 0.227 e. The van der Waals surface area contributed by atoms with E-state index in [9.17, 15) is 15.5 Å². The molecule has 0 radical (unpaired) electrons. The van der Waals surface area contributed by atoms with Crippen molar-refractivity contribution >= 4 is 33.5 Å². The molecule has 10 heteroatoms. The third-order valence-corrected chi connectivity index (χ3v) is 10.7. The van der Waals surface area contributed by atoms with Crippen molar-refractivity contribution in [2.24, 2.45) is 5.92 Å². The van der Waals surface area contributed by atoms with Gasteiger partial charge in [0.05, 0.1) is 17.4 Å². The van der Waals surface area contributed by atoms with Crippen LogP contribution in [-0.4, -0.2) is 55.3 Å². The van der Waals surface area contributed by atoms with Crippen LogP contribution in [0.15, 0.2) is 102 Å². The molecule has 0 spiro atoms. The van der Waals surface area contributed by atoms with E-state index in [0.717, 1.165) is 80.6 Å². The molecule has 280 valence electrons. The number of aliphatic hydroxyl groups excluding tert-OH is 2. The summed E-state index contributed by atoms with van der Waals surface area (Å²) < 4.78 is 6.32. The van der Waals surface area contributed by atoms with Crippen LogP contribution < -0.4 is 10.6 Å². The molecular weight excluding hydrogens is 687 g/mol. The maximum absolute atomic E-state index is 10.1. The third kappa shape index (κ3) is 8.01. The van der Waals surface area contributed by atoms with E-state index in [1.165, 1.54) is 0 Å². The second-order valence-corrected chi connectivity index (χ2v) is 14.9. The Morgan fingerprint density at radius 3 is 2.53 bits per heavy atom. The van der Waals surface area contributed by atoms with Crippen molar-refractivity contribution in [3.63, 3.8) is 0 Å². The zero-order valence-corrected chi connectivity index (χ0v) is 31.9. The highest BCUT2D eigenvalue weighted by molar-refractivity contribution is 5.91. The maximum atomic E-state index is 10.1. The highest BCUT2D eigenvalue weighted by Crippen LogP contribution is 2.38. The van der Waals surface area contributed by atoms with E-state index in [1.54, 1.807) is 6.20 Å². The lowest BCUT2D eigenvalue weighted by atomic mass is 9.93. The Labute approximate surface area is 321 Å². The molecule has 4 N–H and O–H groups in total. The number of aliphatic hydroxyl groups is 2. The number of oxazole rings is 1. The topological polar surface area (TPSA) is 143 Å². The van der Waals surface area contributed by atoms with Gasteiger partial charge in [0.15, 0.2) is 11.4 Å². The quantitative estimate of drug-likeness (QED) is 0.0671. The Morgan fingerprint density at radius 1 is 1.04 bits per heavy atom. The molecule has 6 aromatic rings. The summed E-state index contributed by atoms with van der Waals surface area (Å²) in [6.45, 7) is 18.7. The first-order chi connectivity index (χ1) is 26.5. The Morgan fingerprint density at radius 2 is 1.80 bits per heavy atom. The SMILES string of the molecule is C=C(O)C(C)CC(NCc1cc(C#N)c2oc(-c3cccc(-c4cccc(Nc5nccc6cc(CN7CC[C@@H](O)C7)cnc56)c4C)c3C)nc2c1)C(=C)C. The van der Waals surface area contributed by atoms with E-state index in [1.807, 2.05) is 62.5 Å². The minimum absolute atomic E-state index is 0.0366. The molecule has 2 unspecified atom stereocenters. The number of pyridine rings is 2. The summed E-state index contributed by atoms with van der Waals surface area (Å²) in [7, 11) is 0. The Hall–Kier alpha value is -5.86. The summed E-state index contributed by atoms with van der Waals surface area (Å²) in [6, 6.07) is 22.5. The minimum Gasteiger partial charge on any atom is -0.513 e. The van der Waals surface area contributed by atoms with Gasteiger partial charge in [-0.1, -0.05) is 49.9 Å². The molecule has 3 aromatic carbocycles. The lowest BCUT2D eigenvalue weighted by Gasteiger charge is -2.22. The molecule has 1 aliphatic heterocycles. The van der Waals surface area contributed by atoms with Gasteiger partial charge >= 0.3 is 0 Å². The van der Waals surface area contributed by atoms with Gasteiger partial charge in [-0.15, -0.1) is 0 Å². The van der Waals surface area contributed by atoms with Gasteiger partial charge in [0.25, 0.3) is 0 Å². The molecule has 3 atom stereocenters. The van der Waals surface area contributed by atoms with E-state index in [-0.39, 0.29) is 23.8 Å². The van der Waals surface area contributed by atoms with Crippen molar-refractivity contribution < 1.29 is 14.6 Å². The normalized spacial score (nSPS) is 15.6. The van der Waals surface area contributed by atoms with Crippen LogP contribution in [0.3, 0.4) is 0 Å². The fourth-order valence-electron chi connectivity index (χ4n) is 7.43. The largest absolute Gasteiger partial charge is 0.513 e. The van der Waals surface area contributed by atoms with Gasteiger partial charge in [0.1, 0.15) is 17.1 Å². The van der Waals surface area contributed by atoms with Crippen LogP contribution in [0.4, 0.5) is 11.5 Å². The van der Waals surface area contributed by atoms with E-state index in [4.69, 9.17) is 14.4 Å². The number of nitriles is 1. The monoisotopic (exact) mass is 733 g/mol. The zero-order valence-electron chi connectivity index (χ0n) is 31.9. The first-order valence-corrected chi connectivity index (χ1v) is 18.7. The van der Waals surface area contributed by atoms with Gasteiger partial charge in [-0.3, -0.25) is 9.88 Å². The number of anilines is 2. The van der Waals surface area contributed by atoms with Crippen LogP contribution in [0.25, 0.3) is 44.6 Å². The highest BCUT2D eigenvalue weighted by Gasteiger charge is 2.22. The first-order valence-electron chi connectivity index (χ1n) is 18.7. The summed E-state index contributed by atoms with van der Waals surface area (Å²) in [6.07, 6.45) is 4.92. The number of nitrogens with zero attached hydrogens (tertiary/aromatic N) is 5. The molecule has 10 nitrogen and oxygen atoms in total. The average Bonchev–Trinajstić information content (AvgIpc) is 3.79. The first kappa shape index (κ1) is 37.5. The molecule has 0 saturated carbocycles. The fourth-order valence-corrected chi connectivity index (χ4v) is 7.43. The summed E-state index contributed by atoms with van der Waals surface area (Å²) in [5, 5.41) is 38.0. The molecule has 4 heterocycles. The van der Waals surface area contributed by atoms with Crippen molar-refractivity contribution in [2.45, 2.75) is 65.8 Å². The molecule has 7 rings (SSSR count). The Kier molecular flexibility index (Phi) is 10.8. The molecule has 1 aliphatic rings. The van der Waals surface area contributed by atoms with E-state index >= 15 is 0 Å². The molecule has 1 fully saturated rings. The number of likely N-dealkylation sites (tertiary alicyclic amines) is 1. The van der Waals surface area contributed by atoms with Crippen molar-refractivity contribution in [3.05, 3.63) is 125 Å². The van der Waals surface area contributed by atoms with Crippen LogP contribution in [-0.2, 0) is 13.1 Å². The molecule has 0 bridgehead atoms. The Balaban J connectivity index is 1.14. The zero-order chi connectivity index (χ0) is 38.8. The molecule has 3 aromatic heterocycles. The van der Waals surface area contributed by atoms with Gasteiger partial charge in [-0.05, 0) is 103 Å². The van der Waals surface area contributed by atoms with Crippen LogP contribution in [0.5, 0.6) is 0 Å². The summed E-state index contributed by atoms with van der Waals surface area (Å²) >= 11 is 0. The highest BCUT2D eigenvalue weighted by atomic mass is 16.3. The average molecular weight is 734 g/mol. The van der Waals surface area contributed by atoms with Gasteiger partial charge < -0.3 is 25.3 Å². The molecule has 55 heavy (non-hydrogen) atoms. The number of fused-ring (bicyclic) bond motifs is 2. The number of hydrogen-bond donors (Lipinski definition) is 4. The molecule has 1 saturated heterocycles. The van der Waals surface area contributed by atoms with Crippen molar-refractivity contribution in [1.29, 1.82) is 5.26 Å². The van der Waals surface area contributed by atoms with Crippen LogP contribution in [0.2, 0.25) is 0 Å². The lowest BCUT2D eigenvalue weighted by Crippen LogP contribution is -2.31. The number of nitrogens with one attached hydrogen (secondary N) is 2. The summed E-state index contributed by atoms with van der Waals surface area (Å²) in [4.78, 5) is 16.6. The fraction of sp³-hybridized carbons (Fsp3) is 0.289. The van der Waals surface area contributed by atoms with Gasteiger partial charge in [-0.2, -0.15) is 5.26 Å². The minimum atomic E-state index is -0.253. The standard InChI is InChI=1S/C45H47N7O3/c1-26(2)40(17-27(3)30(6)53)48-22-31-18-34(21-46)43-41(20-31)51-45(55-43)38-11-7-9-36(28(38)4)37-10-8-12-39(29(37)5)50-44-42-33(13-15-47-44)19-32(23-49-42)24-52-16-14-35(54)25-52/h7-13,15,18-20,23,27,35,40,48,53-54H,1,6,14,16-17,22,24-25H2,2-5H3,(H,47,50)/t27?,35-,40?/m1/s1. The van der Waals surface area contributed by atoms with Crippen LogP contribution >= 0.6 is 0 Å². The van der Waals surface area contributed by atoms with Crippen molar-refractivity contribution in [3.8, 4) is 28.7 Å². The van der Waals surface area contributed by atoms with E-state index in [0.29, 0.717) is 47.9 Å². The second-order valence-electron chi connectivity index (χ2n) is 14.9.